The normalized spacial score (nSPS) is 10.6. The monoisotopic (exact) mass is 247 g/mol. The maximum atomic E-state index is 11.2. The van der Waals surface area contributed by atoms with Gasteiger partial charge in [0.05, 0.1) is 20.6 Å². The standard InChI is InChI=1S/C14H17NO3/c1-15-11(4-7-14(16)18-3)8-10-9-12(17-2)5-6-13(10)15/h5-6,8-9H,4,7H2,1-3H3. The molecule has 1 aromatic carbocycles. The van der Waals surface area contributed by atoms with Gasteiger partial charge in [-0.1, -0.05) is 0 Å². The van der Waals surface area contributed by atoms with Gasteiger partial charge in [0.25, 0.3) is 0 Å². The van der Waals surface area contributed by atoms with Crippen LogP contribution < -0.4 is 4.74 Å². The van der Waals surface area contributed by atoms with Gasteiger partial charge >= 0.3 is 5.97 Å². The van der Waals surface area contributed by atoms with Gasteiger partial charge in [-0.2, -0.15) is 0 Å². The highest BCUT2D eigenvalue weighted by molar-refractivity contribution is 5.83. The van der Waals surface area contributed by atoms with E-state index in [1.807, 2.05) is 25.2 Å². The molecule has 2 aromatic rings. The minimum absolute atomic E-state index is 0.183. The van der Waals surface area contributed by atoms with Gasteiger partial charge in [-0.25, -0.2) is 0 Å². The largest absolute Gasteiger partial charge is 0.497 e. The smallest absolute Gasteiger partial charge is 0.305 e. The van der Waals surface area contributed by atoms with E-state index in [0.717, 1.165) is 22.3 Å². The van der Waals surface area contributed by atoms with Crippen LogP contribution in [0.15, 0.2) is 24.3 Å². The summed E-state index contributed by atoms with van der Waals surface area (Å²) in [6.07, 6.45) is 1.08. The molecule has 0 atom stereocenters. The van der Waals surface area contributed by atoms with Gasteiger partial charge in [0.1, 0.15) is 5.75 Å². The van der Waals surface area contributed by atoms with E-state index in [2.05, 4.69) is 15.4 Å². The number of ether oxygens (including phenoxy) is 2. The Labute approximate surface area is 106 Å². The summed E-state index contributed by atoms with van der Waals surface area (Å²) < 4.78 is 12.0. The van der Waals surface area contributed by atoms with E-state index >= 15 is 0 Å². The summed E-state index contributed by atoms with van der Waals surface area (Å²) in [5.74, 6) is 0.658. The molecule has 0 aliphatic heterocycles. The SMILES string of the molecule is COC(=O)CCc1cc2cc(OC)ccc2n1C. The summed E-state index contributed by atoms with van der Waals surface area (Å²) in [4.78, 5) is 11.2. The van der Waals surface area contributed by atoms with E-state index < -0.39 is 0 Å². The zero-order chi connectivity index (χ0) is 13.1. The first-order chi connectivity index (χ1) is 8.65. The van der Waals surface area contributed by atoms with Crippen LogP contribution in [0.2, 0.25) is 0 Å². The number of benzene rings is 1. The van der Waals surface area contributed by atoms with E-state index in [9.17, 15) is 4.79 Å². The van der Waals surface area contributed by atoms with Crippen LogP contribution in [0.1, 0.15) is 12.1 Å². The predicted molar refractivity (Wildman–Crippen MR) is 69.8 cm³/mol. The first-order valence-electron chi connectivity index (χ1n) is 5.85. The van der Waals surface area contributed by atoms with Crippen LogP contribution in [0, 0.1) is 0 Å². The van der Waals surface area contributed by atoms with Crippen LogP contribution in [0.4, 0.5) is 0 Å². The van der Waals surface area contributed by atoms with Crippen molar-refractivity contribution in [2.24, 2.45) is 7.05 Å². The third kappa shape index (κ3) is 2.32. The number of esters is 1. The Balaban J connectivity index is 2.29. The maximum Gasteiger partial charge on any atom is 0.305 e. The molecule has 0 saturated heterocycles. The molecule has 0 amide bonds. The Morgan fingerprint density at radius 3 is 2.72 bits per heavy atom. The molecule has 0 N–H and O–H groups in total. The Morgan fingerprint density at radius 1 is 1.28 bits per heavy atom. The van der Waals surface area contributed by atoms with Gasteiger partial charge in [-0.05, 0) is 30.7 Å². The molecule has 1 heterocycles. The van der Waals surface area contributed by atoms with Gasteiger partial charge in [0, 0.05) is 23.6 Å². The second-order valence-corrected chi connectivity index (χ2v) is 4.20. The number of hydrogen-bond acceptors (Lipinski definition) is 3. The average molecular weight is 247 g/mol. The molecule has 4 nitrogen and oxygen atoms in total. The summed E-state index contributed by atoms with van der Waals surface area (Å²) in [5.41, 5.74) is 2.25. The lowest BCUT2D eigenvalue weighted by Crippen LogP contribution is -2.04. The van der Waals surface area contributed by atoms with Crippen LogP contribution in [-0.2, 0) is 23.0 Å². The zero-order valence-electron chi connectivity index (χ0n) is 10.9. The highest BCUT2D eigenvalue weighted by atomic mass is 16.5. The van der Waals surface area contributed by atoms with Crippen LogP contribution in [0.25, 0.3) is 10.9 Å². The summed E-state index contributed by atoms with van der Waals surface area (Å²) in [6, 6.07) is 8.04. The van der Waals surface area contributed by atoms with Crippen LogP contribution >= 0.6 is 0 Å². The molecule has 4 heteroatoms. The number of aromatic nitrogens is 1. The minimum atomic E-state index is -0.183. The number of aryl methyl sites for hydroxylation is 2. The maximum absolute atomic E-state index is 11.2. The quantitative estimate of drug-likeness (QED) is 0.778. The van der Waals surface area contributed by atoms with Gasteiger partial charge < -0.3 is 14.0 Å². The van der Waals surface area contributed by atoms with Gasteiger partial charge in [-0.3, -0.25) is 4.79 Å². The van der Waals surface area contributed by atoms with Crippen LogP contribution in [0.3, 0.4) is 0 Å². The number of rotatable bonds is 4. The predicted octanol–water partition coefficient (Wildman–Crippen LogP) is 2.29. The van der Waals surface area contributed by atoms with Crippen molar-refractivity contribution in [3.05, 3.63) is 30.0 Å². The Bertz CT molecular complexity index is 572. The van der Waals surface area contributed by atoms with Crippen molar-refractivity contribution in [1.29, 1.82) is 0 Å². The lowest BCUT2D eigenvalue weighted by atomic mass is 10.2. The van der Waals surface area contributed by atoms with Crippen molar-refractivity contribution in [3.8, 4) is 5.75 Å². The zero-order valence-corrected chi connectivity index (χ0v) is 10.9. The molecule has 0 aliphatic carbocycles. The van der Waals surface area contributed by atoms with Crippen molar-refractivity contribution in [2.75, 3.05) is 14.2 Å². The Hall–Kier alpha value is -1.97. The van der Waals surface area contributed by atoms with Gasteiger partial charge in [0.2, 0.25) is 0 Å². The van der Waals surface area contributed by atoms with E-state index in [4.69, 9.17) is 4.74 Å². The number of hydrogen-bond donors (Lipinski definition) is 0. The third-order valence-corrected chi connectivity index (χ3v) is 3.16. The Morgan fingerprint density at radius 2 is 2.06 bits per heavy atom. The lowest BCUT2D eigenvalue weighted by Gasteiger charge is -2.04. The first kappa shape index (κ1) is 12.5. The van der Waals surface area contributed by atoms with E-state index in [0.29, 0.717) is 12.8 Å². The molecule has 0 saturated carbocycles. The first-order valence-corrected chi connectivity index (χ1v) is 5.85. The molecule has 0 unspecified atom stereocenters. The summed E-state index contributed by atoms with van der Waals surface area (Å²) in [6.45, 7) is 0. The number of nitrogens with zero attached hydrogens (tertiary/aromatic N) is 1. The number of fused-ring (bicyclic) bond motifs is 1. The molecule has 0 radical (unpaired) electrons. The average Bonchev–Trinajstić information content (AvgIpc) is 2.72. The summed E-state index contributed by atoms with van der Waals surface area (Å²) in [7, 11) is 5.07. The second kappa shape index (κ2) is 5.12. The molecule has 18 heavy (non-hydrogen) atoms. The molecule has 2 rings (SSSR count). The van der Waals surface area contributed by atoms with E-state index in [-0.39, 0.29) is 5.97 Å². The molecule has 0 aliphatic rings. The van der Waals surface area contributed by atoms with Crippen molar-refractivity contribution >= 4 is 16.9 Å². The Kier molecular flexibility index (Phi) is 3.55. The summed E-state index contributed by atoms with van der Waals surface area (Å²) in [5, 5.41) is 1.12. The van der Waals surface area contributed by atoms with E-state index in [1.54, 1.807) is 7.11 Å². The highest BCUT2D eigenvalue weighted by Gasteiger charge is 2.09. The minimum Gasteiger partial charge on any atom is -0.497 e. The molecule has 0 bridgehead atoms. The molecule has 96 valence electrons. The highest BCUT2D eigenvalue weighted by Crippen LogP contribution is 2.24. The third-order valence-electron chi connectivity index (χ3n) is 3.16. The number of carbonyl (C=O) groups excluding carboxylic acids is 1. The summed E-state index contributed by atoms with van der Waals surface area (Å²) >= 11 is 0. The van der Waals surface area contributed by atoms with Crippen LogP contribution in [-0.4, -0.2) is 24.8 Å². The second-order valence-electron chi connectivity index (χ2n) is 4.20. The van der Waals surface area contributed by atoms with Gasteiger partial charge in [0.15, 0.2) is 0 Å². The van der Waals surface area contributed by atoms with E-state index in [1.165, 1.54) is 7.11 Å². The van der Waals surface area contributed by atoms with Crippen molar-refractivity contribution in [1.82, 2.24) is 4.57 Å². The van der Waals surface area contributed by atoms with Crippen molar-refractivity contribution < 1.29 is 14.3 Å². The molecule has 1 aromatic heterocycles. The topological polar surface area (TPSA) is 40.5 Å². The molecular weight excluding hydrogens is 230 g/mol. The fourth-order valence-corrected chi connectivity index (χ4v) is 2.08. The van der Waals surface area contributed by atoms with Crippen molar-refractivity contribution in [3.63, 3.8) is 0 Å². The molecular formula is C14H17NO3. The lowest BCUT2D eigenvalue weighted by molar-refractivity contribution is -0.140. The van der Waals surface area contributed by atoms with Gasteiger partial charge in [-0.15, -0.1) is 0 Å². The number of carbonyl (C=O) groups is 1. The number of methoxy groups -OCH3 is 2. The fourth-order valence-electron chi connectivity index (χ4n) is 2.08. The fraction of sp³-hybridized carbons (Fsp3) is 0.357. The molecule has 0 spiro atoms. The van der Waals surface area contributed by atoms with Crippen LogP contribution in [0.5, 0.6) is 5.75 Å². The molecule has 0 fully saturated rings. The van der Waals surface area contributed by atoms with Crippen molar-refractivity contribution in [2.45, 2.75) is 12.8 Å².